The van der Waals surface area contributed by atoms with E-state index in [1.165, 1.54) is 6.07 Å². The van der Waals surface area contributed by atoms with Gasteiger partial charge < -0.3 is 25.5 Å². The van der Waals surface area contributed by atoms with E-state index in [9.17, 15) is 18.3 Å². The van der Waals surface area contributed by atoms with Gasteiger partial charge in [0.25, 0.3) is 5.91 Å². The molecule has 1 atom stereocenters. The number of benzene rings is 2. The van der Waals surface area contributed by atoms with Gasteiger partial charge in [-0.3, -0.25) is 4.79 Å². The summed E-state index contributed by atoms with van der Waals surface area (Å²) in [5.41, 5.74) is 8.61. The number of nitrogens with two attached hydrogens (primary N) is 1. The van der Waals surface area contributed by atoms with Crippen molar-refractivity contribution >= 4 is 32.8 Å². The predicted octanol–water partition coefficient (Wildman–Crippen LogP) is 1.60. The number of aliphatic hydroxyl groups excluding tert-OH is 1. The van der Waals surface area contributed by atoms with Gasteiger partial charge in [0.2, 0.25) is 0 Å². The summed E-state index contributed by atoms with van der Waals surface area (Å²) in [4.78, 5) is 19.6. The minimum Gasteiger partial charge on any atom is -0.399 e. The third-order valence-corrected chi connectivity index (χ3v) is 7.30. The lowest BCUT2D eigenvalue weighted by atomic mass is 10.0. The Morgan fingerprint density at radius 2 is 1.69 bits per heavy atom. The van der Waals surface area contributed by atoms with E-state index < -0.39 is 15.9 Å². The van der Waals surface area contributed by atoms with Crippen molar-refractivity contribution < 1.29 is 18.3 Å². The van der Waals surface area contributed by atoms with Crippen LogP contribution in [0.15, 0.2) is 47.4 Å². The van der Waals surface area contributed by atoms with Gasteiger partial charge in [0.1, 0.15) is 0 Å². The highest BCUT2D eigenvalue weighted by molar-refractivity contribution is 7.90. The highest BCUT2D eigenvalue weighted by atomic mass is 32.2. The first-order valence-corrected chi connectivity index (χ1v) is 12.8. The highest BCUT2D eigenvalue weighted by Crippen LogP contribution is 2.29. The van der Waals surface area contributed by atoms with Gasteiger partial charge in [0.05, 0.1) is 16.6 Å². The number of amides is 1. The topological polar surface area (TPSA) is 107 Å². The largest absolute Gasteiger partial charge is 0.399 e. The molecule has 2 saturated heterocycles. The van der Waals surface area contributed by atoms with Crippen molar-refractivity contribution in [2.75, 3.05) is 61.1 Å². The van der Waals surface area contributed by atoms with Crippen molar-refractivity contribution in [2.45, 2.75) is 23.8 Å². The maximum absolute atomic E-state index is 13.5. The summed E-state index contributed by atoms with van der Waals surface area (Å²) < 4.78 is 24.3. The summed E-state index contributed by atoms with van der Waals surface area (Å²) in [5.74, 6) is -0.178. The van der Waals surface area contributed by atoms with Crippen LogP contribution in [0.2, 0.25) is 0 Å². The zero-order valence-electron chi connectivity index (χ0n) is 18.3. The number of nitrogens with zero attached hydrogens (tertiary/aromatic N) is 3. The fourth-order valence-electron chi connectivity index (χ4n) is 4.39. The summed E-state index contributed by atoms with van der Waals surface area (Å²) in [6, 6.07) is 12.4. The Kier molecular flexibility index (Phi) is 6.30. The van der Waals surface area contributed by atoms with E-state index in [1.807, 2.05) is 29.2 Å². The molecule has 0 saturated carbocycles. The number of piperazine rings is 1. The molecule has 2 fully saturated rings. The molecule has 4 rings (SSSR count). The number of nitrogen functional groups attached to an aromatic ring is 1. The van der Waals surface area contributed by atoms with Gasteiger partial charge in [-0.05, 0) is 55.3 Å². The number of β-amino-alcohol motifs (C(OH)–C–C–N with tert-alkyl or cyclic N) is 1. The number of aliphatic hydroxyl groups is 1. The Labute approximate surface area is 189 Å². The van der Waals surface area contributed by atoms with Crippen LogP contribution < -0.4 is 15.5 Å². The molecule has 2 aromatic carbocycles. The van der Waals surface area contributed by atoms with E-state index in [-0.39, 0.29) is 10.8 Å². The Hall–Kier alpha value is -2.78. The fourth-order valence-corrected chi connectivity index (χ4v) is 5.04. The van der Waals surface area contributed by atoms with Crippen LogP contribution in [0, 0.1) is 0 Å². The van der Waals surface area contributed by atoms with Crippen LogP contribution in [-0.4, -0.2) is 76.0 Å². The Balaban J connectivity index is 1.57. The molecule has 1 amide bonds. The lowest BCUT2D eigenvalue weighted by Crippen LogP contribution is -2.49. The first-order valence-electron chi connectivity index (χ1n) is 10.9. The van der Waals surface area contributed by atoms with Gasteiger partial charge in [0, 0.05) is 62.6 Å². The second-order valence-corrected chi connectivity index (χ2v) is 10.6. The van der Waals surface area contributed by atoms with E-state index in [1.54, 1.807) is 17.0 Å². The standard InChI is InChI=1S/C23H30N4O4S/c1-32(30,31)20-8-9-22(27-10-2-3-19(28)16-27)21(15-20)23(29)26-13-11-25(12-14-26)18-6-4-17(24)5-7-18/h4-9,15,19,28H,2-3,10-14,16,24H2,1H3. The minimum atomic E-state index is -3.45. The van der Waals surface area contributed by atoms with Crippen LogP contribution in [0.25, 0.3) is 0 Å². The number of carbonyl (C=O) groups is 1. The van der Waals surface area contributed by atoms with E-state index >= 15 is 0 Å². The monoisotopic (exact) mass is 458 g/mol. The highest BCUT2D eigenvalue weighted by Gasteiger charge is 2.28. The van der Waals surface area contributed by atoms with Crippen LogP contribution in [0.1, 0.15) is 23.2 Å². The van der Waals surface area contributed by atoms with Crippen molar-refractivity contribution in [1.29, 1.82) is 0 Å². The minimum absolute atomic E-state index is 0.127. The SMILES string of the molecule is CS(=O)(=O)c1ccc(N2CCCC(O)C2)c(C(=O)N2CCN(c3ccc(N)cc3)CC2)c1. The van der Waals surface area contributed by atoms with Crippen molar-refractivity contribution in [3.63, 3.8) is 0 Å². The van der Waals surface area contributed by atoms with Gasteiger partial charge in [-0.15, -0.1) is 0 Å². The van der Waals surface area contributed by atoms with Crippen molar-refractivity contribution in [1.82, 2.24) is 4.90 Å². The first kappa shape index (κ1) is 22.4. The van der Waals surface area contributed by atoms with Crippen LogP contribution in [0.4, 0.5) is 17.1 Å². The second kappa shape index (κ2) is 8.99. The quantitative estimate of drug-likeness (QED) is 0.670. The molecule has 32 heavy (non-hydrogen) atoms. The predicted molar refractivity (Wildman–Crippen MR) is 126 cm³/mol. The molecule has 172 valence electrons. The Bertz CT molecular complexity index is 1080. The van der Waals surface area contributed by atoms with Crippen molar-refractivity contribution in [2.24, 2.45) is 0 Å². The number of piperidine rings is 1. The third-order valence-electron chi connectivity index (χ3n) is 6.19. The maximum Gasteiger partial charge on any atom is 0.256 e. The number of rotatable bonds is 4. The molecule has 0 aliphatic carbocycles. The molecule has 8 nitrogen and oxygen atoms in total. The van der Waals surface area contributed by atoms with Gasteiger partial charge >= 0.3 is 0 Å². The normalized spacial score (nSPS) is 19.8. The van der Waals surface area contributed by atoms with Crippen molar-refractivity contribution in [3.8, 4) is 0 Å². The zero-order valence-corrected chi connectivity index (χ0v) is 19.1. The number of anilines is 3. The molecule has 0 spiro atoms. The maximum atomic E-state index is 13.5. The first-order chi connectivity index (χ1) is 15.2. The molecule has 9 heteroatoms. The average molecular weight is 459 g/mol. The lowest BCUT2D eigenvalue weighted by molar-refractivity contribution is 0.0746. The second-order valence-electron chi connectivity index (χ2n) is 8.56. The summed E-state index contributed by atoms with van der Waals surface area (Å²) >= 11 is 0. The lowest BCUT2D eigenvalue weighted by Gasteiger charge is -2.38. The summed E-state index contributed by atoms with van der Waals surface area (Å²) in [6.45, 7) is 3.59. The molecule has 2 heterocycles. The summed E-state index contributed by atoms with van der Waals surface area (Å²) in [6.07, 6.45) is 2.24. The number of carbonyl (C=O) groups excluding carboxylic acids is 1. The molecule has 2 aromatic rings. The van der Waals surface area contributed by atoms with E-state index in [4.69, 9.17) is 5.73 Å². The van der Waals surface area contributed by atoms with Gasteiger partial charge in [-0.25, -0.2) is 8.42 Å². The molecule has 2 aliphatic heterocycles. The van der Waals surface area contributed by atoms with Crippen LogP contribution in [0.3, 0.4) is 0 Å². The van der Waals surface area contributed by atoms with E-state index in [0.29, 0.717) is 49.7 Å². The van der Waals surface area contributed by atoms with Crippen LogP contribution >= 0.6 is 0 Å². The van der Waals surface area contributed by atoms with E-state index in [2.05, 4.69) is 4.90 Å². The summed E-state index contributed by atoms with van der Waals surface area (Å²) in [7, 11) is -3.45. The smallest absolute Gasteiger partial charge is 0.256 e. The Morgan fingerprint density at radius 1 is 1.00 bits per heavy atom. The molecule has 3 N–H and O–H groups in total. The molecule has 0 aromatic heterocycles. The summed E-state index contributed by atoms with van der Waals surface area (Å²) in [5, 5.41) is 10.1. The third kappa shape index (κ3) is 4.83. The molecule has 2 aliphatic rings. The van der Waals surface area contributed by atoms with Gasteiger partial charge in [-0.2, -0.15) is 0 Å². The molecular formula is C23H30N4O4S. The van der Waals surface area contributed by atoms with Gasteiger partial charge in [0.15, 0.2) is 9.84 Å². The van der Waals surface area contributed by atoms with E-state index in [0.717, 1.165) is 31.3 Å². The fraction of sp³-hybridized carbons (Fsp3) is 0.435. The number of hydrogen-bond acceptors (Lipinski definition) is 7. The molecule has 0 bridgehead atoms. The van der Waals surface area contributed by atoms with Crippen molar-refractivity contribution in [3.05, 3.63) is 48.0 Å². The molecular weight excluding hydrogens is 428 g/mol. The van der Waals surface area contributed by atoms with Gasteiger partial charge in [-0.1, -0.05) is 0 Å². The number of sulfone groups is 1. The average Bonchev–Trinajstić information content (AvgIpc) is 2.78. The van der Waals surface area contributed by atoms with Crippen LogP contribution in [0.5, 0.6) is 0 Å². The number of hydrogen-bond donors (Lipinski definition) is 2. The molecule has 1 unspecified atom stereocenters. The Morgan fingerprint density at radius 3 is 2.31 bits per heavy atom. The molecule has 0 radical (unpaired) electrons. The van der Waals surface area contributed by atoms with Crippen LogP contribution in [-0.2, 0) is 9.84 Å². The zero-order chi connectivity index (χ0) is 22.9.